The normalized spacial score (nSPS) is 26.8. The van der Waals surface area contributed by atoms with Crippen LogP contribution in [0.3, 0.4) is 0 Å². The van der Waals surface area contributed by atoms with Crippen LogP contribution in [-0.2, 0) is 30.2 Å². The highest BCUT2D eigenvalue weighted by Gasteiger charge is 2.54. The average Bonchev–Trinajstić information content (AvgIpc) is 3.40. The van der Waals surface area contributed by atoms with Gasteiger partial charge in [0.1, 0.15) is 18.0 Å². The molecule has 6 rings (SSSR count). The summed E-state index contributed by atoms with van der Waals surface area (Å²) < 4.78 is 27.7. The fraction of sp³-hybridized carbons (Fsp3) is 0.455. The van der Waals surface area contributed by atoms with Crippen molar-refractivity contribution in [1.82, 2.24) is 9.88 Å². The molecule has 2 fully saturated rings. The van der Waals surface area contributed by atoms with E-state index < -0.39 is 24.1 Å². The second-order valence-electron chi connectivity index (χ2n) is 11.6. The lowest BCUT2D eigenvalue weighted by molar-refractivity contribution is -0.187. The third kappa shape index (κ3) is 5.34. The van der Waals surface area contributed by atoms with Crippen LogP contribution in [0.15, 0.2) is 42.5 Å². The molecule has 3 aromatic rings. The third-order valence-electron chi connectivity index (χ3n) is 9.48. The molecule has 10 nitrogen and oxygen atoms in total. The van der Waals surface area contributed by atoms with Crippen molar-refractivity contribution in [1.29, 1.82) is 0 Å². The topological polar surface area (TPSA) is 120 Å². The molecule has 3 heterocycles. The predicted octanol–water partition coefficient (Wildman–Crippen LogP) is 4.26. The van der Waals surface area contributed by atoms with Crippen LogP contribution >= 0.6 is 0 Å². The highest BCUT2D eigenvalue weighted by molar-refractivity contribution is 5.88. The summed E-state index contributed by atoms with van der Waals surface area (Å²) in [5, 5.41) is 11.1. The van der Waals surface area contributed by atoms with Crippen LogP contribution in [0.25, 0.3) is 17.0 Å². The van der Waals surface area contributed by atoms with E-state index in [1.807, 2.05) is 12.1 Å². The number of piperidine rings is 1. The molecule has 1 aliphatic carbocycles. The Morgan fingerprint density at radius 2 is 1.88 bits per heavy atom. The van der Waals surface area contributed by atoms with Gasteiger partial charge in [0.05, 0.1) is 33.3 Å². The molecule has 2 aromatic carbocycles. The zero-order valence-corrected chi connectivity index (χ0v) is 24.9. The van der Waals surface area contributed by atoms with Crippen molar-refractivity contribution in [3.05, 3.63) is 59.3 Å². The van der Waals surface area contributed by atoms with Crippen molar-refractivity contribution in [2.75, 3.05) is 41.5 Å². The number of aromatic nitrogens is 1. The third-order valence-corrected chi connectivity index (χ3v) is 9.48. The zero-order chi connectivity index (χ0) is 30.2. The molecule has 0 unspecified atom stereocenters. The van der Waals surface area contributed by atoms with Gasteiger partial charge in [-0.05, 0) is 72.6 Å². The minimum absolute atomic E-state index is 0.000466. The van der Waals surface area contributed by atoms with Crippen molar-refractivity contribution in [3.8, 4) is 17.2 Å². The first kappa shape index (κ1) is 29.1. The van der Waals surface area contributed by atoms with Crippen LogP contribution in [0.5, 0.6) is 17.2 Å². The Morgan fingerprint density at radius 1 is 1.05 bits per heavy atom. The molecule has 228 valence electrons. The first-order chi connectivity index (χ1) is 20.8. The fourth-order valence-corrected chi connectivity index (χ4v) is 7.51. The van der Waals surface area contributed by atoms with Crippen molar-refractivity contribution >= 4 is 28.9 Å². The van der Waals surface area contributed by atoms with Crippen LogP contribution in [0, 0.1) is 17.8 Å². The highest BCUT2D eigenvalue weighted by Crippen LogP contribution is 2.50. The number of nitrogens with zero attached hydrogens (tertiary/aromatic N) is 1. The van der Waals surface area contributed by atoms with Gasteiger partial charge in [-0.3, -0.25) is 9.69 Å². The molecule has 2 aliphatic heterocycles. The lowest BCUT2D eigenvalue weighted by Crippen LogP contribution is -2.58. The summed E-state index contributed by atoms with van der Waals surface area (Å²) in [5.74, 6) is -0.200. The number of carbonyl (C=O) groups is 2. The van der Waals surface area contributed by atoms with Crippen LogP contribution in [0.2, 0.25) is 0 Å². The van der Waals surface area contributed by atoms with Gasteiger partial charge >= 0.3 is 11.9 Å². The summed E-state index contributed by atoms with van der Waals surface area (Å²) in [5.41, 5.74) is 4.26. The van der Waals surface area contributed by atoms with Crippen molar-refractivity contribution in [3.63, 3.8) is 0 Å². The van der Waals surface area contributed by atoms with Gasteiger partial charge in [-0.2, -0.15) is 0 Å². The summed E-state index contributed by atoms with van der Waals surface area (Å²) in [6.07, 6.45) is 3.98. The summed E-state index contributed by atoms with van der Waals surface area (Å²) >= 11 is 0. The largest absolute Gasteiger partial charge is 0.504 e. The van der Waals surface area contributed by atoms with Crippen LogP contribution < -0.4 is 9.47 Å². The molecule has 0 bridgehead atoms. The van der Waals surface area contributed by atoms with Crippen LogP contribution in [0.1, 0.15) is 35.7 Å². The number of ether oxygens (including phenoxy) is 5. The number of phenolic OH excluding ortho intramolecular Hbond substituents is 1. The van der Waals surface area contributed by atoms with Crippen LogP contribution in [-0.4, -0.2) is 80.7 Å². The van der Waals surface area contributed by atoms with E-state index in [1.54, 1.807) is 32.4 Å². The Morgan fingerprint density at radius 3 is 2.63 bits per heavy atom. The molecule has 1 saturated heterocycles. The number of rotatable bonds is 7. The maximum Gasteiger partial charge on any atom is 0.331 e. The van der Waals surface area contributed by atoms with Gasteiger partial charge in [0.2, 0.25) is 0 Å². The zero-order valence-electron chi connectivity index (χ0n) is 24.9. The number of aromatic amines is 1. The fourth-order valence-electron chi connectivity index (χ4n) is 7.51. The van der Waals surface area contributed by atoms with Gasteiger partial charge < -0.3 is 33.8 Å². The van der Waals surface area contributed by atoms with E-state index in [0.717, 1.165) is 37.2 Å². The molecular weight excluding hydrogens is 552 g/mol. The van der Waals surface area contributed by atoms with E-state index in [9.17, 15) is 14.7 Å². The van der Waals surface area contributed by atoms with E-state index >= 15 is 0 Å². The Kier molecular flexibility index (Phi) is 8.07. The van der Waals surface area contributed by atoms with Gasteiger partial charge in [0, 0.05) is 48.9 Å². The first-order valence-corrected chi connectivity index (χ1v) is 14.6. The lowest BCUT2D eigenvalue weighted by atomic mass is 9.63. The number of esters is 2. The minimum atomic E-state index is -0.638. The van der Waals surface area contributed by atoms with Crippen molar-refractivity contribution in [2.45, 2.75) is 37.5 Å². The molecule has 43 heavy (non-hydrogen) atoms. The monoisotopic (exact) mass is 590 g/mol. The molecule has 3 aliphatic rings. The number of nitrogens with one attached hydrogen (secondary N) is 1. The first-order valence-electron chi connectivity index (χ1n) is 14.6. The second kappa shape index (κ2) is 11.9. The molecule has 2 N–H and O–H groups in total. The van der Waals surface area contributed by atoms with E-state index in [0.29, 0.717) is 17.7 Å². The quantitative estimate of drug-likeness (QED) is 0.307. The van der Waals surface area contributed by atoms with E-state index in [-0.39, 0.29) is 29.6 Å². The summed E-state index contributed by atoms with van der Waals surface area (Å²) in [7, 11) is 6.08. The molecule has 0 spiro atoms. The Labute approximate surface area is 250 Å². The number of carbonyl (C=O) groups excluding carboxylic acids is 2. The number of hydrogen-bond donors (Lipinski definition) is 2. The van der Waals surface area contributed by atoms with E-state index in [4.69, 9.17) is 23.7 Å². The maximum absolute atomic E-state index is 13.3. The summed E-state index contributed by atoms with van der Waals surface area (Å²) in [4.78, 5) is 32.5. The maximum atomic E-state index is 13.3. The summed E-state index contributed by atoms with van der Waals surface area (Å²) in [6, 6.07) is 11.1. The number of phenols is 1. The summed E-state index contributed by atoms with van der Waals surface area (Å²) in [6.45, 7) is 1.70. The molecule has 6 atom stereocenters. The Balaban J connectivity index is 1.24. The Bertz CT molecular complexity index is 1550. The standard InChI is InChI=1S/C33H38N2O8/c1-39-20-7-8-21-22-11-12-35-17-19-14-28(43-29(37)10-6-18-5-9-26(36)27(13-18)40-2)32(41-3)30(33(38)42-4)23(19)16-25(35)31(22)34-24(21)15-20/h5-10,13,15,19,23,25,28,30,32,34,36H,11-12,14,16-17H2,1-4H3/t19-,23+,25-,28-,30+,32+/m1/s1. The van der Waals surface area contributed by atoms with Gasteiger partial charge in [0.25, 0.3) is 0 Å². The molecule has 10 heteroatoms. The molecule has 1 saturated carbocycles. The number of benzene rings is 2. The average molecular weight is 591 g/mol. The van der Waals surface area contributed by atoms with Crippen molar-refractivity contribution < 1.29 is 38.4 Å². The lowest BCUT2D eigenvalue weighted by Gasteiger charge is -2.52. The minimum Gasteiger partial charge on any atom is -0.504 e. The molecule has 0 radical (unpaired) electrons. The van der Waals surface area contributed by atoms with Gasteiger partial charge in [0.15, 0.2) is 11.5 Å². The van der Waals surface area contributed by atoms with Gasteiger partial charge in [-0.25, -0.2) is 4.79 Å². The van der Waals surface area contributed by atoms with E-state index in [2.05, 4.69) is 16.0 Å². The molecular formula is C33H38N2O8. The second-order valence-corrected chi connectivity index (χ2v) is 11.6. The smallest absolute Gasteiger partial charge is 0.331 e. The van der Waals surface area contributed by atoms with Crippen LogP contribution in [0.4, 0.5) is 0 Å². The molecule has 1 aromatic heterocycles. The van der Waals surface area contributed by atoms with Gasteiger partial charge in [-0.15, -0.1) is 0 Å². The number of fused-ring (bicyclic) bond motifs is 6. The van der Waals surface area contributed by atoms with Crippen molar-refractivity contribution in [2.24, 2.45) is 17.8 Å². The number of hydrogen-bond acceptors (Lipinski definition) is 9. The number of methoxy groups -OCH3 is 4. The molecule has 0 amide bonds. The predicted molar refractivity (Wildman–Crippen MR) is 159 cm³/mol. The number of H-pyrrole nitrogens is 1. The highest BCUT2D eigenvalue weighted by atomic mass is 16.6. The SMILES string of the molecule is COC(=O)[C@H]1[C@H]2C[C@@H]3c4[nH]c5cc(OC)ccc5c4CCN3C[C@H]2C[C@@H](OC(=O)C=Cc2ccc(O)c(OC)c2)[C@@H]1OC. The Hall–Kier alpha value is -4.02. The van der Waals surface area contributed by atoms with E-state index in [1.165, 1.54) is 43.0 Å². The number of aromatic hydroxyl groups is 1. The van der Waals surface area contributed by atoms with Gasteiger partial charge in [-0.1, -0.05) is 6.07 Å².